The molecule has 3 N–H and O–H groups in total. The zero-order valence-electron chi connectivity index (χ0n) is 12.6. The number of rotatable bonds is 5. The zero-order valence-corrected chi connectivity index (χ0v) is 12.6. The minimum atomic E-state index is -0.327. The number of methoxy groups -OCH3 is 1. The van der Waals surface area contributed by atoms with Crippen LogP contribution in [0.15, 0.2) is 36.4 Å². The Morgan fingerprint density at radius 1 is 1.14 bits per heavy atom. The van der Waals surface area contributed by atoms with Crippen molar-refractivity contribution in [1.29, 1.82) is 0 Å². The molecule has 4 heteroatoms. The molecule has 0 radical (unpaired) electrons. The lowest BCUT2D eigenvalue weighted by atomic mass is 9.92. The van der Waals surface area contributed by atoms with Gasteiger partial charge in [-0.05, 0) is 48.6 Å². The van der Waals surface area contributed by atoms with Gasteiger partial charge in [-0.15, -0.1) is 0 Å². The average Bonchev–Trinajstić information content (AvgIpc) is 2.47. The monoisotopic (exact) mass is 288 g/mol. The molecule has 3 nitrogen and oxygen atoms in total. The van der Waals surface area contributed by atoms with Crippen molar-refractivity contribution in [3.05, 3.63) is 64.5 Å². The van der Waals surface area contributed by atoms with Gasteiger partial charge in [-0.1, -0.05) is 30.3 Å². The second-order valence-corrected chi connectivity index (χ2v) is 5.16. The molecule has 1 unspecified atom stereocenters. The fraction of sp³-hybridized carbons (Fsp3) is 0.294. The molecule has 0 aromatic heterocycles. The zero-order chi connectivity index (χ0) is 15.4. The lowest BCUT2D eigenvalue weighted by Crippen LogP contribution is -2.31. The second kappa shape index (κ2) is 6.70. The highest BCUT2D eigenvalue weighted by atomic mass is 19.1. The van der Waals surface area contributed by atoms with Crippen molar-refractivity contribution >= 4 is 0 Å². The maximum absolute atomic E-state index is 14.3. The average molecular weight is 288 g/mol. The van der Waals surface area contributed by atoms with Gasteiger partial charge in [0.05, 0.1) is 13.2 Å². The molecule has 112 valence electrons. The minimum absolute atomic E-state index is 0.146. The van der Waals surface area contributed by atoms with E-state index in [2.05, 4.69) is 5.43 Å². The minimum Gasteiger partial charge on any atom is -0.494 e. The third-order valence-corrected chi connectivity index (χ3v) is 3.78. The Morgan fingerprint density at radius 2 is 1.76 bits per heavy atom. The summed E-state index contributed by atoms with van der Waals surface area (Å²) in [5.41, 5.74) is 6.78. The van der Waals surface area contributed by atoms with Crippen LogP contribution in [0.2, 0.25) is 0 Å². The third kappa shape index (κ3) is 3.23. The number of benzene rings is 2. The van der Waals surface area contributed by atoms with E-state index in [1.807, 2.05) is 32.0 Å². The normalized spacial score (nSPS) is 12.2. The summed E-state index contributed by atoms with van der Waals surface area (Å²) in [5, 5.41) is 0. The third-order valence-electron chi connectivity index (χ3n) is 3.78. The molecule has 0 amide bonds. The molecule has 21 heavy (non-hydrogen) atoms. The summed E-state index contributed by atoms with van der Waals surface area (Å²) in [7, 11) is 1.46. The molecule has 0 saturated carbocycles. The van der Waals surface area contributed by atoms with Crippen LogP contribution in [0.4, 0.5) is 4.39 Å². The van der Waals surface area contributed by atoms with Crippen molar-refractivity contribution in [1.82, 2.24) is 5.43 Å². The van der Waals surface area contributed by atoms with Crippen LogP contribution in [0.25, 0.3) is 0 Å². The number of ether oxygens (including phenoxy) is 1. The summed E-state index contributed by atoms with van der Waals surface area (Å²) in [6.07, 6.45) is 0.464. The number of hydrogen-bond acceptors (Lipinski definition) is 3. The number of hydrogen-bond donors (Lipinski definition) is 2. The topological polar surface area (TPSA) is 47.3 Å². The van der Waals surface area contributed by atoms with E-state index >= 15 is 0 Å². The first-order valence-corrected chi connectivity index (χ1v) is 6.92. The van der Waals surface area contributed by atoms with Gasteiger partial charge in [-0.25, -0.2) is 4.39 Å². The molecule has 0 bridgehead atoms. The number of nitrogens with two attached hydrogens (primary N) is 1. The van der Waals surface area contributed by atoms with E-state index in [0.717, 1.165) is 16.7 Å². The highest BCUT2D eigenvalue weighted by Gasteiger charge is 2.18. The fourth-order valence-electron chi connectivity index (χ4n) is 2.71. The number of halogens is 1. The Hall–Kier alpha value is -1.91. The fourth-order valence-corrected chi connectivity index (χ4v) is 2.71. The quantitative estimate of drug-likeness (QED) is 0.656. The van der Waals surface area contributed by atoms with E-state index in [-0.39, 0.29) is 17.6 Å². The van der Waals surface area contributed by atoms with E-state index in [4.69, 9.17) is 10.6 Å². The van der Waals surface area contributed by atoms with Crippen LogP contribution in [-0.2, 0) is 6.42 Å². The van der Waals surface area contributed by atoms with Crippen LogP contribution in [0.1, 0.15) is 28.3 Å². The van der Waals surface area contributed by atoms with E-state index in [0.29, 0.717) is 12.0 Å². The van der Waals surface area contributed by atoms with Crippen molar-refractivity contribution in [3.63, 3.8) is 0 Å². The van der Waals surface area contributed by atoms with Gasteiger partial charge < -0.3 is 4.74 Å². The number of aryl methyl sites for hydroxylation is 2. The molecule has 0 fully saturated rings. The largest absolute Gasteiger partial charge is 0.494 e. The van der Waals surface area contributed by atoms with Crippen LogP contribution in [0.5, 0.6) is 5.75 Å². The van der Waals surface area contributed by atoms with Gasteiger partial charge in [0, 0.05) is 0 Å². The van der Waals surface area contributed by atoms with Gasteiger partial charge in [0.1, 0.15) is 0 Å². The Kier molecular flexibility index (Phi) is 4.94. The summed E-state index contributed by atoms with van der Waals surface area (Å²) >= 11 is 0. The summed E-state index contributed by atoms with van der Waals surface area (Å²) in [4.78, 5) is 0. The summed E-state index contributed by atoms with van der Waals surface area (Å²) in [6, 6.07) is 11.1. The first kappa shape index (κ1) is 15.5. The smallest absolute Gasteiger partial charge is 0.168 e. The molecule has 0 aliphatic rings. The molecule has 0 heterocycles. The highest BCUT2D eigenvalue weighted by Crippen LogP contribution is 2.28. The molecule has 2 aromatic carbocycles. The Balaban J connectivity index is 2.36. The van der Waals surface area contributed by atoms with Gasteiger partial charge in [-0.3, -0.25) is 11.3 Å². The van der Waals surface area contributed by atoms with E-state index in [1.165, 1.54) is 7.11 Å². The lowest BCUT2D eigenvalue weighted by Gasteiger charge is -2.21. The van der Waals surface area contributed by atoms with Crippen molar-refractivity contribution < 1.29 is 9.13 Å². The van der Waals surface area contributed by atoms with Crippen LogP contribution < -0.4 is 16.0 Å². The van der Waals surface area contributed by atoms with Gasteiger partial charge in [-0.2, -0.15) is 0 Å². The molecule has 2 aromatic rings. The SMILES string of the molecule is COc1cccc(CC(NN)c2c(C)cccc2C)c1F. The lowest BCUT2D eigenvalue weighted by molar-refractivity contribution is 0.382. The van der Waals surface area contributed by atoms with Crippen LogP contribution in [0.3, 0.4) is 0 Å². The molecule has 0 aliphatic heterocycles. The molecule has 1 atom stereocenters. The number of nitrogens with one attached hydrogen (secondary N) is 1. The van der Waals surface area contributed by atoms with Crippen molar-refractivity contribution in [2.24, 2.45) is 5.84 Å². The van der Waals surface area contributed by atoms with Crippen LogP contribution >= 0.6 is 0 Å². The van der Waals surface area contributed by atoms with Crippen LogP contribution in [0, 0.1) is 19.7 Å². The summed E-state index contributed by atoms with van der Waals surface area (Å²) < 4.78 is 19.3. The van der Waals surface area contributed by atoms with E-state index in [9.17, 15) is 4.39 Å². The Labute approximate surface area is 124 Å². The first-order valence-electron chi connectivity index (χ1n) is 6.92. The van der Waals surface area contributed by atoms with Gasteiger partial charge >= 0.3 is 0 Å². The molecule has 0 aliphatic carbocycles. The van der Waals surface area contributed by atoms with E-state index < -0.39 is 0 Å². The molecular formula is C17H21FN2O. The Bertz CT molecular complexity index is 608. The second-order valence-electron chi connectivity index (χ2n) is 5.16. The summed E-state index contributed by atoms with van der Waals surface area (Å²) in [6.45, 7) is 4.07. The standard InChI is InChI=1S/C17H21FN2O/c1-11-6-4-7-12(2)16(11)14(20-19)10-13-8-5-9-15(21-3)17(13)18/h4-9,14,20H,10,19H2,1-3H3. The van der Waals surface area contributed by atoms with Gasteiger partial charge in [0.25, 0.3) is 0 Å². The molecule has 2 rings (SSSR count). The van der Waals surface area contributed by atoms with Gasteiger partial charge in [0.2, 0.25) is 0 Å². The first-order chi connectivity index (χ1) is 10.1. The molecule has 0 saturated heterocycles. The predicted octanol–water partition coefficient (Wildman–Crippen LogP) is 3.20. The van der Waals surface area contributed by atoms with Crippen LogP contribution in [-0.4, -0.2) is 7.11 Å². The van der Waals surface area contributed by atoms with Crippen molar-refractivity contribution in [3.8, 4) is 5.75 Å². The van der Waals surface area contributed by atoms with Gasteiger partial charge in [0.15, 0.2) is 11.6 Å². The highest BCUT2D eigenvalue weighted by molar-refractivity contribution is 5.38. The number of hydrazine groups is 1. The molecular weight excluding hydrogens is 267 g/mol. The summed E-state index contributed by atoms with van der Waals surface area (Å²) in [5.74, 6) is 5.63. The van der Waals surface area contributed by atoms with E-state index in [1.54, 1.807) is 18.2 Å². The molecule has 0 spiro atoms. The predicted molar refractivity (Wildman–Crippen MR) is 82.6 cm³/mol. The van der Waals surface area contributed by atoms with Crippen molar-refractivity contribution in [2.45, 2.75) is 26.3 Å². The Morgan fingerprint density at radius 3 is 2.33 bits per heavy atom. The van der Waals surface area contributed by atoms with Crippen molar-refractivity contribution in [2.75, 3.05) is 7.11 Å². The maximum Gasteiger partial charge on any atom is 0.168 e. The maximum atomic E-state index is 14.3.